The minimum absolute atomic E-state index is 0.0241. The van der Waals surface area contributed by atoms with E-state index in [1.54, 1.807) is 23.1 Å². The molecule has 11 heteroatoms. The number of tetrazole rings is 1. The molecule has 0 spiro atoms. The Bertz CT molecular complexity index is 919. The first kappa shape index (κ1) is 23.6. The predicted octanol–water partition coefficient (Wildman–Crippen LogP) is 0.0224. The molecule has 2 aromatic rings. The van der Waals surface area contributed by atoms with Gasteiger partial charge in [0.25, 0.3) is 0 Å². The number of ether oxygens (including phenoxy) is 1. The third-order valence-corrected chi connectivity index (χ3v) is 5.44. The Hall–Kier alpha value is -3.05. The van der Waals surface area contributed by atoms with Gasteiger partial charge in [-0.05, 0) is 49.6 Å². The highest BCUT2D eigenvalue weighted by molar-refractivity contribution is 5.91. The number of aromatic nitrogens is 4. The molecule has 2 heterocycles. The van der Waals surface area contributed by atoms with Gasteiger partial charge in [-0.2, -0.15) is 0 Å². The van der Waals surface area contributed by atoms with Crippen molar-refractivity contribution in [2.24, 2.45) is 5.92 Å². The van der Waals surface area contributed by atoms with Crippen molar-refractivity contribution in [2.45, 2.75) is 39.0 Å². The third-order valence-electron chi connectivity index (χ3n) is 5.44. The SMILES string of the molecule is C[C@@H]1CN([C@H](C)CO)C(=O)Cc2cc(NC(=O)Cn3cnnn3)ccc2O[C@@H]1CN(C)C. The highest BCUT2D eigenvalue weighted by Crippen LogP contribution is 2.29. The zero-order valence-electron chi connectivity index (χ0n) is 18.9. The summed E-state index contributed by atoms with van der Waals surface area (Å²) in [6.07, 6.45) is 1.32. The normalized spacial score (nSPS) is 20.1. The average Bonchev–Trinajstić information content (AvgIpc) is 3.25. The zero-order valence-corrected chi connectivity index (χ0v) is 18.9. The van der Waals surface area contributed by atoms with E-state index in [0.717, 1.165) is 0 Å². The number of benzene rings is 1. The van der Waals surface area contributed by atoms with Crippen molar-refractivity contribution in [3.63, 3.8) is 0 Å². The Labute approximate surface area is 187 Å². The number of hydrogen-bond donors (Lipinski definition) is 2. The van der Waals surface area contributed by atoms with Crippen molar-refractivity contribution < 1.29 is 19.4 Å². The number of fused-ring (bicyclic) bond motifs is 1. The zero-order chi connectivity index (χ0) is 23.3. The molecule has 3 rings (SSSR count). The van der Waals surface area contributed by atoms with E-state index in [1.165, 1.54) is 11.0 Å². The van der Waals surface area contributed by atoms with Crippen LogP contribution in [0, 0.1) is 5.92 Å². The monoisotopic (exact) mass is 445 g/mol. The molecule has 0 saturated carbocycles. The maximum absolute atomic E-state index is 13.1. The number of hydrogen-bond acceptors (Lipinski definition) is 8. The van der Waals surface area contributed by atoms with Crippen molar-refractivity contribution in [1.82, 2.24) is 30.0 Å². The molecule has 174 valence electrons. The third kappa shape index (κ3) is 6.01. The summed E-state index contributed by atoms with van der Waals surface area (Å²) >= 11 is 0. The number of amides is 2. The van der Waals surface area contributed by atoms with Crippen molar-refractivity contribution >= 4 is 17.5 Å². The van der Waals surface area contributed by atoms with Gasteiger partial charge in [-0.25, -0.2) is 4.68 Å². The van der Waals surface area contributed by atoms with Gasteiger partial charge in [-0.3, -0.25) is 9.59 Å². The molecule has 0 aliphatic carbocycles. The number of rotatable bonds is 7. The van der Waals surface area contributed by atoms with Crippen LogP contribution in [0.1, 0.15) is 19.4 Å². The highest BCUT2D eigenvalue weighted by atomic mass is 16.5. The minimum Gasteiger partial charge on any atom is -0.488 e. The summed E-state index contributed by atoms with van der Waals surface area (Å²) in [6.45, 7) is 4.92. The van der Waals surface area contributed by atoms with E-state index in [-0.39, 0.29) is 49.5 Å². The quantitative estimate of drug-likeness (QED) is 0.611. The van der Waals surface area contributed by atoms with Crippen LogP contribution in [0.25, 0.3) is 0 Å². The Morgan fingerprint density at radius 3 is 2.84 bits per heavy atom. The maximum Gasteiger partial charge on any atom is 0.246 e. The lowest BCUT2D eigenvalue weighted by atomic mass is 10.0. The molecule has 1 aliphatic heterocycles. The molecule has 2 amide bonds. The van der Waals surface area contributed by atoms with Crippen molar-refractivity contribution in [3.8, 4) is 5.75 Å². The summed E-state index contributed by atoms with van der Waals surface area (Å²) in [5, 5.41) is 23.2. The van der Waals surface area contributed by atoms with Crippen LogP contribution in [0.5, 0.6) is 5.75 Å². The summed E-state index contributed by atoms with van der Waals surface area (Å²) in [7, 11) is 3.96. The van der Waals surface area contributed by atoms with Gasteiger partial charge in [0, 0.05) is 30.3 Å². The lowest BCUT2D eigenvalue weighted by Crippen LogP contribution is -2.47. The summed E-state index contributed by atoms with van der Waals surface area (Å²) in [5.41, 5.74) is 1.24. The molecule has 0 unspecified atom stereocenters. The number of carbonyl (C=O) groups excluding carboxylic acids is 2. The first-order valence-corrected chi connectivity index (χ1v) is 10.6. The van der Waals surface area contributed by atoms with Crippen LogP contribution >= 0.6 is 0 Å². The Morgan fingerprint density at radius 2 is 2.19 bits per heavy atom. The van der Waals surface area contributed by atoms with E-state index < -0.39 is 0 Å². The second-order valence-corrected chi connectivity index (χ2v) is 8.53. The second-order valence-electron chi connectivity index (χ2n) is 8.53. The van der Waals surface area contributed by atoms with Crippen LogP contribution < -0.4 is 10.1 Å². The number of nitrogens with one attached hydrogen (secondary N) is 1. The Balaban J connectivity index is 1.87. The first-order valence-electron chi connectivity index (χ1n) is 10.6. The van der Waals surface area contributed by atoms with E-state index in [9.17, 15) is 14.7 Å². The molecule has 3 atom stereocenters. The number of carbonyl (C=O) groups is 2. The smallest absolute Gasteiger partial charge is 0.246 e. The van der Waals surface area contributed by atoms with Gasteiger partial charge in [-0.15, -0.1) is 5.10 Å². The molecular weight excluding hydrogens is 414 g/mol. The molecule has 0 saturated heterocycles. The standard InChI is InChI=1S/C21H31N7O4/c1-14-9-28(15(2)12-29)21(31)8-16-7-17(23-20(30)11-27-13-22-24-25-27)5-6-18(16)32-19(14)10-26(3)4/h5-7,13-15,19,29H,8-12H2,1-4H3,(H,23,30)/t14-,15-,19-/m1/s1. The summed E-state index contributed by atoms with van der Waals surface area (Å²) in [5.74, 6) is 0.291. The molecule has 32 heavy (non-hydrogen) atoms. The largest absolute Gasteiger partial charge is 0.488 e. The van der Waals surface area contributed by atoms with Crippen LogP contribution in [-0.2, 0) is 22.6 Å². The van der Waals surface area contributed by atoms with Gasteiger partial charge < -0.3 is 25.0 Å². The van der Waals surface area contributed by atoms with Crippen LogP contribution in [0.2, 0.25) is 0 Å². The topological polar surface area (TPSA) is 126 Å². The number of anilines is 1. The fraction of sp³-hybridized carbons (Fsp3) is 0.571. The Morgan fingerprint density at radius 1 is 1.41 bits per heavy atom. The van der Waals surface area contributed by atoms with Gasteiger partial charge >= 0.3 is 0 Å². The molecular formula is C21H31N7O4. The molecule has 0 bridgehead atoms. The summed E-state index contributed by atoms with van der Waals surface area (Å²) < 4.78 is 7.69. The number of likely N-dealkylation sites (N-methyl/N-ethyl adjacent to an activating group) is 1. The van der Waals surface area contributed by atoms with Gasteiger partial charge in [0.05, 0.1) is 19.1 Å². The van der Waals surface area contributed by atoms with Gasteiger partial charge in [0.2, 0.25) is 11.8 Å². The van der Waals surface area contributed by atoms with Crippen LogP contribution in [0.3, 0.4) is 0 Å². The van der Waals surface area contributed by atoms with Gasteiger partial charge in [0.15, 0.2) is 0 Å². The lowest BCUT2D eigenvalue weighted by molar-refractivity contribution is -0.134. The van der Waals surface area contributed by atoms with Crippen LogP contribution in [0.15, 0.2) is 24.5 Å². The summed E-state index contributed by atoms with van der Waals surface area (Å²) in [4.78, 5) is 29.2. The van der Waals surface area contributed by atoms with Crippen molar-refractivity contribution in [2.75, 3.05) is 39.1 Å². The highest BCUT2D eigenvalue weighted by Gasteiger charge is 2.30. The minimum atomic E-state index is -0.300. The second kappa shape index (κ2) is 10.5. The van der Waals surface area contributed by atoms with Crippen LogP contribution in [-0.4, -0.2) is 92.9 Å². The van der Waals surface area contributed by atoms with E-state index in [2.05, 4.69) is 27.8 Å². The molecule has 11 nitrogen and oxygen atoms in total. The molecule has 0 fully saturated rings. The Kier molecular flexibility index (Phi) is 7.75. The number of aliphatic hydroxyl groups excluding tert-OH is 1. The molecule has 1 aromatic carbocycles. The molecule has 1 aromatic heterocycles. The average molecular weight is 446 g/mol. The molecule has 1 aliphatic rings. The lowest BCUT2D eigenvalue weighted by Gasteiger charge is -2.33. The number of aliphatic hydroxyl groups is 1. The molecule has 0 radical (unpaired) electrons. The predicted molar refractivity (Wildman–Crippen MR) is 117 cm³/mol. The van der Waals surface area contributed by atoms with Crippen molar-refractivity contribution in [3.05, 3.63) is 30.1 Å². The number of nitrogens with zero attached hydrogens (tertiary/aromatic N) is 6. The fourth-order valence-corrected chi connectivity index (χ4v) is 3.69. The van der Waals surface area contributed by atoms with E-state index in [0.29, 0.717) is 30.1 Å². The maximum atomic E-state index is 13.1. The fourth-order valence-electron chi connectivity index (χ4n) is 3.69. The van der Waals surface area contributed by atoms with Crippen molar-refractivity contribution in [1.29, 1.82) is 0 Å². The summed E-state index contributed by atoms with van der Waals surface area (Å²) in [6, 6.07) is 5.00. The van der Waals surface area contributed by atoms with Gasteiger partial charge in [0.1, 0.15) is 24.7 Å². The van der Waals surface area contributed by atoms with E-state index >= 15 is 0 Å². The van der Waals surface area contributed by atoms with E-state index in [1.807, 2.05) is 25.9 Å². The molecule has 2 N–H and O–H groups in total. The van der Waals surface area contributed by atoms with Gasteiger partial charge in [-0.1, -0.05) is 6.92 Å². The van der Waals surface area contributed by atoms with E-state index in [4.69, 9.17) is 4.74 Å². The first-order chi connectivity index (χ1) is 15.3. The van der Waals surface area contributed by atoms with Crippen LogP contribution in [0.4, 0.5) is 5.69 Å².